The van der Waals surface area contributed by atoms with Crippen LogP contribution in [0.5, 0.6) is 0 Å². The van der Waals surface area contributed by atoms with Gasteiger partial charge in [0, 0.05) is 16.7 Å². The van der Waals surface area contributed by atoms with E-state index < -0.39 is 7.26 Å². The molecule has 0 saturated heterocycles. The third-order valence-corrected chi connectivity index (χ3v) is 11.1. The van der Waals surface area contributed by atoms with Gasteiger partial charge in [-0.1, -0.05) is 109 Å². The number of benzene rings is 5. The number of nitrogens with zero attached hydrogens (tertiary/aromatic N) is 4. The summed E-state index contributed by atoms with van der Waals surface area (Å²) in [7, 11) is -2.53. The third kappa shape index (κ3) is 5.22. The molecule has 1 heterocycles. The minimum atomic E-state index is -2.53. The summed E-state index contributed by atoms with van der Waals surface area (Å²) in [4.78, 5) is 0. The molecule has 4 nitrogen and oxygen atoms in total. The Morgan fingerprint density at radius 2 is 1.05 bits per heavy atom. The number of halogens is 2. The number of hydrogen-bond acceptors (Lipinski definition) is 3. The monoisotopic (exact) mass is 578 g/mol. The highest BCUT2D eigenvalue weighted by Gasteiger charge is 2.52. The molecule has 196 valence electrons. The maximum Gasteiger partial charge on any atom is 0.203 e. The molecular formula is C33H25Cl2N4P. The van der Waals surface area contributed by atoms with Crippen molar-refractivity contribution in [3.63, 3.8) is 0 Å². The average molecular weight is 579 g/mol. The van der Waals surface area contributed by atoms with E-state index in [1.54, 1.807) is 0 Å². The Morgan fingerprint density at radius 3 is 1.52 bits per heavy atom. The topological polar surface area (TPSA) is 43.6 Å². The van der Waals surface area contributed by atoms with Crippen LogP contribution in [0.15, 0.2) is 146 Å². The van der Waals surface area contributed by atoms with Gasteiger partial charge in [0.2, 0.25) is 5.44 Å². The predicted octanol–water partition coefficient (Wildman–Crippen LogP) is 3.95. The van der Waals surface area contributed by atoms with Crippen molar-refractivity contribution in [1.82, 2.24) is 20.2 Å². The largest absolute Gasteiger partial charge is 1.00 e. The molecule has 0 radical (unpaired) electrons. The summed E-state index contributed by atoms with van der Waals surface area (Å²) >= 11 is 6.28. The van der Waals surface area contributed by atoms with Crippen LogP contribution in [0.3, 0.4) is 0 Å². The lowest BCUT2D eigenvalue weighted by Gasteiger charge is -2.29. The zero-order chi connectivity index (χ0) is 26.5. The Kier molecular flexibility index (Phi) is 8.52. The molecule has 0 saturated carbocycles. The van der Waals surface area contributed by atoms with Gasteiger partial charge < -0.3 is 12.4 Å². The maximum atomic E-state index is 6.28. The normalized spacial score (nSPS) is 11.6. The average Bonchev–Trinajstić information content (AvgIpc) is 3.50. The maximum absolute atomic E-state index is 6.28. The first kappa shape index (κ1) is 27.5. The van der Waals surface area contributed by atoms with Crippen LogP contribution in [-0.4, -0.2) is 20.2 Å². The Bertz CT molecular complexity index is 1590. The van der Waals surface area contributed by atoms with Crippen molar-refractivity contribution >= 4 is 46.3 Å². The highest BCUT2D eigenvalue weighted by atomic mass is 35.5. The van der Waals surface area contributed by atoms with Crippen LogP contribution in [0.1, 0.15) is 5.56 Å². The molecule has 0 aliphatic rings. The fourth-order valence-electron chi connectivity index (χ4n) is 4.92. The number of aromatic nitrogens is 4. The number of tetrazole rings is 1. The Labute approximate surface area is 245 Å². The lowest BCUT2D eigenvalue weighted by atomic mass is 10.2. The Hall–Kier alpha value is -4.08. The summed E-state index contributed by atoms with van der Waals surface area (Å²) in [5.41, 5.74) is 2.95. The van der Waals surface area contributed by atoms with Gasteiger partial charge >= 0.3 is 0 Å². The van der Waals surface area contributed by atoms with Gasteiger partial charge in [0.15, 0.2) is 13.1 Å². The molecule has 0 atom stereocenters. The fourth-order valence-corrected chi connectivity index (χ4v) is 9.35. The molecule has 0 amide bonds. The SMILES string of the molecule is Clc1ccc(/C=C(\n2nnnc2-c2ccccc2)[P+](c2ccccc2)(c2ccccc2)c2ccccc2)cc1.[Cl-]. The first-order valence-corrected chi connectivity index (χ1v) is 14.8. The third-order valence-electron chi connectivity index (χ3n) is 6.66. The second-order valence-corrected chi connectivity index (χ2v) is 12.8. The number of hydrogen-bond donors (Lipinski definition) is 0. The van der Waals surface area contributed by atoms with Crippen molar-refractivity contribution in [2.45, 2.75) is 0 Å². The van der Waals surface area contributed by atoms with Gasteiger partial charge in [-0.05, 0) is 64.5 Å². The van der Waals surface area contributed by atoms with Gasteiger partial charge in [-0.25, -0.2) is 0 Å². The summed E-state index contributed by atoms with van der Waals surface area (Å²) in [5.74, 6) is 0.683. The van der Waals surface area contributed by atoms with Crippen molar-refractivity contribution in [3.05, 3.63) is 156 Å². The molecule has 0 N–H and O–H groups in total. The van der Waals surface area contributed by atoms with Gasteiger partial charge in [-0.3, -0.25) is 0 Å². The molecule has 0 unspecified atom stereocenters. The Morgan fingerprint density at radius 1 is 0.600 bits per heavy atom. The minimum absolute atomic E-state index is 0. The molecule has 0 spiro atoms. The smallest absolute Gasteiger partial charge is 0.203 e. The molecule has 0 aliphatic heterocycles. The van der Waals surface area contributed by atoms with Crippen molar-refractivity contribution in [2.75, 3.05) is 0 Å². The van der Waals surface area contributed by atoms with Gasteiger partial charge in [-0.15, -0.1) is 5.10 Å². The van der Waals surface area contributed by atoms with E-state index >= 15 is 0 Å². The van der Waals surface area contributed by atoms with Gasteiger partial charge in [-0.2, -0.15) is 4.68 Å². The molecule has 6 aromatic rings. The summed E-state index contributed by atoms with van der Waals surface area (Å²) < 4.78 is 1.92. The van der Waals surface area contributed by atoms with Gasteiger partial charge in [0.05, 0.1) is 0 Å². The van der Waals surface area contributed by atoms with Crippen LogP contribution in [0.25, 0.3) is 22.9 Å². The van der Waals surface area contributed by atoms with Crippen molar-refractivity contribution in [2.24, 2.45) is 0 Å². The summed E-state index contributed by atoms with van der Waals surface area (Å²) in [5, 5.41) is 17.6. The van der Waals surface area contributed by atoms with E-state index in [1.165, 1.54) is 15.9 Å². The van der Waals surface area contributed by atoms with E-state index in [4.69, 9.17) is 11.6 Å². The summed E-state index contributed by atoms with van der Waals surface area (Å²) in [6.45, 7) is 0. The molecule has 0 aliphatic carbocycles. The lowest BCUT2D eigenvalue weighted by molar-refractivity contribution is -0.00000747. The zero-order valence-corrected chi connectivity index (χ0v) is 23.8. The van der Waals surface area contributed by atoms with E-state index in [0.29, 0.717) is 10.8 Å². The highest BCUT2D eigenvalue weighted by molar-refractivity contribution is 8.03. The van der Waals surface area contributed by atoms with Crippen LogP contribution in [-0.2, 0) is 0 Å². The Balaban J connectivity index is 0.00000323. The van der Waals surface area contributed by atoms with E-state index in [0.717, 1.165) is 16.6 Å². The van der Waals surface area contributed by atoms with Crippen LogP contribution in [0.4, 0.5) is 0 Å². The molecule has 1 aromatic heterocycles. The molecule has 6 rings (SSSR count). The molecule has 7 heteroatoms. The van der Waals surface area contributed by atoms with E-state index in [2.05, 4.69) is 113 Å². The van der Waals surface area contributed by atoms with Crippen LogP contribution >= 0.6 is 18.9 Å². The predicted molar refractivity (Wildman–Crippen MR) is 164 cm³/mol. The quantitative estimate of drug-likeness (QED) is 0.269. The molecule has 0 fully saturated rings. The zero-order valence-electron chi connectivity index (χ0n) is 21.4. The van der Waals surface area contributed by atoms with E-state index in [1.807, 2.05) is 59.3 Å². The molecular weight excluding hydrogens is 554 g/mol. The number of rotatable bonds is 7. The standard InChI is InChI=1S/C33H25ClN4P.ClH/c34-28-23-21-26(22-24-28)25-32(38-33(35-36-37-38)27-13-5-1-6-14-27)39(29-15-7-2-8-16-29,30-17-9-3-10-18-30)31-19-11-4-12-20-31;/h1-25H;1H/q+1;/p-1/b32-25+;. The highest BCUT2D eigenvalue weighted by Crippen LogP contribution is 2.65. The van der Waals surface area contributed by atoms with Crippen molar-refractivity contribution in [1.29, 1.82) is 0 Å². The molecule has 0 bridgehead atoms. The summed E-state index contributed by atoms with van der Waals surface area (Å²) in [6.07, 6.45) is 2.21. The second kappa shape index (κ2) is 12.4. The van der Waals surface area contributed by atoms with Crippen LogP contribution in [0.2, 0.25) is 5.02 Å². The second-order valence-electron chi connectivity index (χ2n) is 9.01. The summed E-state index contributed by atoms with van der Waals surface area (Å²) in [6, 6.07) is 50.1. The van der Waals surface area contributed by atoms with Crippen molar-refractivity contribution < 1.29 is 12.4 Å². The van der Waals surface area contributed by atoms with E-state index in [9.17, 15) is 0 Å². The van der Waals surface area contributed by atoms with E-state index in [-0.39, 0.29) is 12.4 Å². The minimum Gasteiger partial charge on any atom is -1.00 e. The van der Waals surface area contributed by atoms with Gasteiger partial charge in [0.25, 0.3) is 0 Å². The van der Waals surface area contributed by atoms with Crippen LogP contribution < -0.4 is 28.3 Å². The van der Waals surface area contributed by atoms with Gasteiger partial charge in [0.1, 0.15) is 15.9 Å². The van der Waals surface area contributed by atoms with Crippen LogP contribution in [0, 0.1) is 0 Å². The first-order chi connectivity index (χ1) is 19.3. The molecule has 5 aromatic carbocycles. The van der Waals surface area contributed by atoms with Crippen molar-refractivity contribution in [3.8, 4) is 11.4 Å². The first-order valence-electron chi connectivity index (χ1n) is 12.6. The molecule has 40 heavy (non-hydrogen) atoms. The lowest BCUT2D eigenvalue weighted by Crippen LogP contribution is -3.00. The fraction of sp³-hybridized carbons (Fsp3) is 0.